The lowest BCUT2D eigenvalue weighted by Crippen LogP contribution is -2.32. The number of nitrogens with one attached hydrogen (secondary N) is 2. The SMILES string of the molecule is Cc1ccc(-c2nnc(Nc3ccc(OCC(N)=O)cc3)c3ccccc23)cc1S(=O)(=O)NC[C@H]1CCCO1. The van der Waals surface area contributed by atoms with E-state index in [1.807, 2.05) is 30.3 Å². The van der Waals surface area contributed by atoms with Crippen LogP contribution in [-0.4, -0.2) is 50.4 Å². The fourth-order valence-electron chi connectivity index (χ4n) is 4.46. The predicted molar refractivity (Wildman–Crippen MR) is 148 cm³/mol. The van der Waals surface area contributed by atoms with Crippen molar-refractivity contribution in [2.75, 3.05) is 25.1 Å². The largest absolute Gasteiger partial charge is 0.484 e. The van der Waals surface area contributed by atoms with Crippen molar-refractivity contribution >= 4 is 38.2 Å². The van der Waals surface area contributed by atoms with Crippen molar-refractivity contribution in [3.8, 4) is 17.0 Å². The second-order valence-corrected chi connectivity index (χ2v) is 11.0. The molecule has 2 heterocycles. The number of ether oxygens (including phenoxy) is 2. The molecule has 39 heavy (non-hydrogen) atoms. The topological polar surface area (TPSA) is 146 Å². The molecule has 0 bridgehead atoms. The maximum Gasteiger partial charge on any atom is 0.255 e. The minimum Gasteiger partial charge on any atom is -0.484 e. The number of hydrogen-bond donors (Lipinski definition) is 3. The molecule has 1 amide bonds. The molecule has 1 atom stereocenters. The number of aryl methyl sites for hydroxylation is 1. The van der Waals surface area contributed by atoms with Crippen LogP contribution in [0.1, 0.15) is 18.4 Å². The van der Waals surface area contributed by atoms with Crippen LogP contribution in [0.2, 0.25) is 0 Å². The smallest absolute Gasteiger partial charge is 0.255 e. The molecule has 0 aliphatic carbocycles. The molecule has 4 aromatic rings. The molecule has 1 aliphatic heterocycles. The van der Waals surface area contributed by atoms with Crippen molar-refractivity contribution in [1.82, 2.24) is 14.9 Å². The van der Waals surface area contributed by atoms with E-state index < -0.39 is 15.9 Å². The molecule has 11 heteroatoms. The second-order valence-electron chi connectivity index (χ2n) is 9.31. The van der Waals surface area contributed by atoms with Crippen LogP contribution in [0, 0.1) is 6.92 Å². The normalized spacial score (nSPS) is 15.4. The number of anilines is 2. The van der Waals surface area contributed by atoms with Crippen molar-refractivity contribution in [3.05, 3.63) is 72.3 Å². The lowest BCUT2D eigenvalue weighted by atomic mass is 10.0. The molecule has 1 saturated heterocycles. The third kappa shape index (κ3) is 6.17. The van der Waals surface area contributed by atoms with Gasteiger partial charge in [-0.1, -0.05) is 36.4 Å². The van der Waals surface area contributed by atoms with Crippen molar-refractivity contribution in [2.24, 2.45) is 5.73 Å². The predicted octanol–water partition coefficient (Wildman–Crippen LogP) is 3.67. The highest BCUT2D eigenvalue weighted by molar-refractivity contribution is 7.89. The number of carbonyl (C=O) groups is 1. The molecule has 10 nitrogen and oxygen atoms in total. The maximum atomic E-state index is 13.2. The number of aromatic nitrogens is 2. The molecule has 4 N–H and O–H groups in total. The fourth-order valence-corrected chi connectivity index (χ4v) is 5.79. The van der Waals surface area contributed by atoms with Crippen molar-refractivity contribution in [2.45, 2.75) is 30.8 Å². The third-order valence-corrected chi connectivity index (χ3v) is 8.03. The molecule has 1 aliphatic rings. The maximum absolute atomic E-state index is 13.2. The van der Waals surface area contributed by atoms with E-state index in [0.29, 0.717) is 35.0 Å². The van der Waals surface area contributed by atoms with Crippen molar-refractivity contribution < 1.29 is 22.7 Å². The highest BCUT2D eigenvalue weighted by Crippen LogP contribution is 2.33. The number of hydrogen-bond acceptors (Lipinski definition) is 8. The van der Waals surface area contributed by atoms with Gasteiger partial charge in [-0.15, -0.1) is 10.2 Å². The summed E-state index contributed by atoms with van der Waals surface area (Å²) in [6.07, 6.45) is 1.68. The summed E-state index contributed by atoms with van der Waals surface area (Å²) in [6, 6.07) is 19.9. The van der Waals surface area contributed by atoms with E-state index in [2.05, 4.69) is 20.2 Å². The number of primary amides is 1. The summed E-state index contributed by atoms with van der Waals surface area (Å²) in [4.78, 5) is 11.1. The number of nitrogens with two attached hydrogens (primary N) is 1. The zero-order valence-electron chi connectivity index (χ0n) is 21.4. The van der Waals surface area contributed by atoms with Crippen LogP contribution >= 0.6 is 0 Å². The first-order valence-corrected chi connectivity index (χ1v) is 14.0. The molecule has 0 spiro atoms. The number of sulfonamides is 1. The number of nitrogens with zero attached hydrogens (tertiary/aromatic N) is 2. The van der Waals surface area contributed by atoms with E-state index in [0.717, 1.165) is 29.3 Å². The van der Waals surface area contributed by atoms with E-state index in [-0.39, 0.29) is 24.2 Å². The highest BCUT2D eigenvalue weighted by Gasteiger charge is 2.23. The van der Waals surface area contributed by atoms with Crippen LogP contribution in [0.5, 0.6) is 5.75 Å². The Kier molecular flexibility index (Phi) is 7.73. The molecule has 1 fully saturated rings. The number of amides is 1. The lowest BCUT2D eigenvalue weighted by Gasteiger charge is -2.15. The number of benzene rings is 3. The summed E-state index contributed by atoms with van der Waals surface area (Å²) in [5.74, 6) is 0.506. The molecular weight excluding hydrogens is 518 g/mol. The standard InChI is InChI=1S/C28H29N5O5S/c1-18-8-9-19(15-25(18)39(35,36)30-16-22-5-4-14-37-22)27-23-6-2-3-7-24(23)28(33-32-27)31-20-10-12-21(13-11-20)38-17-26(29)34/h2-3,6-13,15,22,30H,4-5,14,16-17H2,1H3,(H2,29,34)(H,31,33)/t22-/m1/s1. The summed E-state index contributed by atoms with van der Waals surface area (Å²) >= 11 is 0. The molecule has 202 valence electrons. The average molecular weight is 548 g/mol. The Balaban J connectivity index is 1.43. The van der Waals surface area contributed by atoms with Gasteiger partial charge in [-0.05, 0) is 55.7 Å². The fraction of sp³-hybridized carbons (Fsp3) is 0.250. The first kappa shape index (κ1) is 26.5. The van der Waals surface area contributed by atoms with Gasteiger partial charge >= 0.3 is 0 Å². The highest BCUT2D eigenvalue weighted by atomic mass is 32.2. The van der Waals surface area contributed by atoms with Crippen molar-refractivity contribution in [1.29, 1.82) is 0 Å². The van der Waals surface area contributed by atoms with E-state index in [4.69, 9.17) is 15.2 Å². The Morgan fingerprint density at radius 2 is 1.85 bits per heavy atom. The summed E-state index contributed by atoms with van der Waals surface area (Å²) in [5.41, 5.74) is 7.72. The van der Waals surface area contributed by atoms with Crippen LogP contribution in [0.4, 0.5) is 11.5 Å². The minimum absolute atomic E-state index is 0.100. The first-order valence-electron chi connectivity index (χ1n) is 12.6. The van der Waals surface area contributed by atoms with E-state index >= 15 is 0 Å². The van der Waals surface area contributed by atoms with Gasteiger partial charge in [0.1, 0.15) is 11.4 Å². The van der Waals surface area contributed by atoms with Gasteiger partial charge in [-0.2, -0.15) is 0 Å². The second kappa shape index (κ2) is 11.4. The summed E-state index contributed by atoms with van der Waals surface area (Å²) in [6.45, 7) is 2.48. The Morgan fingerprint density at radius 1 is 1.08 bits per heavy atom. The van der Waals surface area contributed by atoms with Gasteiger partial charge in [0.25, 0.3) is 5.91 Å². The van der Waals surface area contributed by atoms with Gasteiger partial charge in [0.15, 0.2) is 12.4 Å². The number of carbonyl (C=O) groups excluding carboxylic acids is 1. The quantitative estimate of drug-likeness (QED) is 0.273. The molecule has 0 unspecified atom stereocenters. The van der Waals surface area contributed by atoms with Crippen molar-refractivity contribution in [3.63, 3.8) is 0 Å². The van der Waals surface area contributed by atoms with Gasteiger partial charge in [-0.25, -0.2) is 13.1 Å². The third-order valence-electron chi connectivity index (χ3n) is 6.46. The van der Waals surface area contributed by atoms with E-state index in [9.17, 15) is 13.2 Å². The molecule has 3 aromatic carbocycles. The Morgan fingerprint density at radius 3 is 2.56 bits per heavy atom. The first-order chi connectivity index (χ1) is 18.8. The van der Waals surface area contributed by atoms with Crippen LogP contribution in [0.3, 0.4) is 0 Å². The summed E-state index contributed by atoms with van der Waals surface area (Å²) < 4.78 is 39.9. The van der Waals surface area contributed by atoms with E-state index in [1.165, 1.54) is 0 Å². The molecule has 0 saturated carbocycles. The van der Waals surface area contributed by atoms with Gasteiger partial charge in [-0.3, -0.25) is 4.79 Å². The zero-order chi connectivity index (χ0) is 27.4. The van der Waals surface area contributed by atoms with Gasteiger partial charge in [0, 0.05) is 35.2 Å². The monoisotopic (exact) mass is 547 g/mol. The lowest BCUT2D eigenvalue weighted by molar-refractivity contribution is -0.119. The van der Waals surface area contributed by atoms with Crippen LogP contribution in [0.15, 0.2) is 71.6 Å². The van der Waals surface area contributed by atoms with Crippen LogP contribution in [0.25, 0.3) is 22.0 Å². The molecular formula is C28H29N5O5S. The number of rotatable bonds is 10. The minimum atomic E-state index is -3.75. The van der Waals surface area contributed by atoms with Gasteiger partial charge in [0.2, 0.25) is 10.0 Å². The van der Waals surface area contributed by atoms with Gasteiger partial charge in [0.05, 0.1) is 11.0 Å². The van der Waals surface area contributed by atoms with Crippen LogP contribution in [-0.2, 0) is 19.6 Å². The van der Waals surface area contributed by atoms with E-state index in [1.54, 1.807) is 43.3 Å². The Hall–Kier alpha value is -4.06. The zero-order valence-corrected chi connectivity index (χ0v) is 22.2. The Bertz CT molecular complexity index is 1600. The Labute approximate surface area is 226 Å². The summed E-state index contributed by atoms with van der Waals surface area (Å²) in [7, 11) is -3.75. The molecule has 0 radical (unpaired) electrons. The van der Waals surface area contributed by atoms with Crippen LogP contribution < -0.4 is 20.5 Å². The number of fused-ring (bicyclic) bond motifs is 1. The van der Waals surface area contributed by atoms with Gasteiger partial charge < -0.3 is 20.5 Å². The molecule has 5 rings (SSSR count). The average Bonchev–Trinajstić information content (AvgIpc) is 3.46. The summed E-state index contributed by atoms with van der Waals surface area (Å²) in [5, 5.41) is 13.8. The molecule has 1 aromatic heterocycles.